The van der Waals surface area contributed by atoms with E-state index in [9.17, 15) is 4.79 Å². The van der Waals surface area contributed by atoms with Gasteiger partial charge < -0.3 is 5.11 Å². The van der Waals surface area contributed by atoms with Gasteiger partial charge in [0.05, 0.1) is 6.54 Å². The first-order chi connectivity index (χ1) is 7.00. The Hall–Kier alpha value is -0.220. The molecule has 3 nitrogen and oxygen atoms in total. The molecule has 88 valence electrons. The molecule has 0 spiro atoms. The molecule has 0 amide bonds. The van der Waals surface area contributed by atoms with Crippen LogP contribution in [0.5, 0.6) is 0 Å². The second-order valence-electron chi connectivity index (χ2n) is 4.65. The van der Waals surface area contributed by atoms with Crippen LogP contribution in [-0.4, -0.2) is 46.1 Å². The third kappa shape index (κ3) is 4.03. The van der Waals surface area contributed by atoms with E-state index < -0.39 is 5.97 Å². The molecule has 1 aliphatic heterocycles. The van der Waals surface area contributed by atoms with Crippen LogP contribution in [0.1, 0.15) is 27.2 Å². The van der Waals surface area contributed by atoms with Gasteiger partial charge in [0.1, 0.15) is 0 Å². The van der Waals surface area contributed by atoms with Crippen LogP contribution in [-0.2, 0) is 4.79 Å². The topological polar surface area (TPSA) is 40.5 Å². The van der Waals surface area contributed by atoms with Crippen LogP contribution in [0.4, 0.5) is 0 Å². The molecule has 0 radical (unpaired) electrons. The van der Waals surface area contributed by atoms with Crippen LogP contribution in [0.15, 0.2) is 0 Å². The lowest BCUT2D eigenvalue weighted by Gasteiger charge is -2.31. The Labute approximate surface area is 96.2 Å². The molecule has 1 rings (SSSR count). The maximum absolute atomic E-state index is 10.8. The Morgan fingerprint density at radius 3 is 2.67 bits per heavy atom. The molecular formula is C11H21NO2S. The van der Waals surface area contributed by atoms with Crippen molar-refractivity contribution in [3.63, 3.8) is 0 Å². The van der Waals surface area contributed by atoms with E-state index >= 15 is 0 Å². The highest BCUT2D eigenvalue weighted by Gasteiger charge is 2.30. The Bertz CT molecular complexity index is 221. The van der Waals surface area contributed by atoms with E-state index in [4.69, 9.17) is 5.11 Å². The Morgan fingerprint density at radius 2 is 2.27 bits per heavy atom. The minimum Gasteiger partial charge on any atom is -0.480 e. The Morgan fingerprint density at radius 1 is 1.60 bits per heavy atom. The van der Waals surface area contributed by atoms with Crippen molar-refractivity contribution in [3.05, 3.63) is 0 Å². The van der Waals surface area contributed by atoms with Crippen LogP contribution in [0.25, 0.3) is 0 Å². The Balaban J connectivity index is 2.57. The summed E-state index contributed by atoms with van der Waals surface area (Å²) in [6.45, 7) is 7.57. The predicted molar refractivity (Wildman–Crippen MR) is 64.4 cm³/mol. The molecule has 1 aliphatic rings. The second-order valence-corrected chi connectivity index (χ2v) is 6.13. The third-order valence-electron chi connectivity index (χ3n) is 2.74. The Kier molecular flexibility index (Phi) is 4.93. The predicted octanol–water partition coefficient (Wildman–Crippen LogP) is 1.92. The van der Waals surface area contributed by atoms with Gasteiger partial charge in [0.2, 0.25) is 0 Å². The number of carboxylic acid groups (broad SMARTS) is 1. The lowest BCUT2D eigenvalue weighted by Crippen LogP contribution is -2.43. The van der Waals surface area contributed by atoms with Crippen molar-refractivity contribution >= 4 is 17.7 Å². The maximum atomic E-state index is 10.8. The monoisotopic (exact) mass is 231 g/mol. The fraction of sp³-hybridized carbons (Fsp3) is 0.909. The highest BCUT2D eigenvalue weighted by molar-refractivity contribution is 8.00. The van der Waals surface area contributed by atoms with Gasteiger partial charge in [0, 0.05) is 17.8 Å². The smallest absolute Gasteiger partial charge is 0.317 e. The van der Waals surface area contributed by atoms with E-state index in [0.29, 0.717) is 17.2 Å². The number of nitrogens with zero attached hydrogens (tertiary/aromatic N) is 1. The molecular weight excluding hydrogens is 210 g/mol. The summed E-state index contributed by atoms with van der Waals surface area (Å²) in [7, 11) is 0. The van der Waals surface area contributed by atoms with E-state index in [1.54, 1.807) is 0 Å². The highest BCUT2D eigenvalue weighted by atomic mass is 32.2. The van der Waals surface area contributed by atoms with Crippen LogP contribution < -0.4 is 0 Å². The minimum atomic E-state index is -0.709. The molecule has 0 saturated carbocycles. The van der Waals surface area contributed by atoms with Crippen molar-refractivity contribution < 1.29 is 9.90 Å². The third-order valence-corrected chi connectivity index (χ3v) is 4.05. The van der Waals surface area contributed by atoms with Crippen molar-refractivity contribution in [3.8, 4) is 0 Å². The van der Waals surface area contributed by atoms with E-state index in [-0.39, 0.29) is 6.54 Å². The minimum absolute atomic E-state index is 0.188. The SMILES string of the molecule is CC(C)CN(CC(=O)O)C1CCSC1C. The quantitative estimate of drug-likeness (QED) is 0.785. The molecule has 0 aliphatic carbocycles. The lowest BCUT2D eigenvalue weighted by molar-refractivity contribution is -0.139. The van der Waals surface area contributed by atoms with E-state index in [1.807, 2.05) is 11.8 Å². The fourth-order valence-corrected chi connectivity index (χ4v) is 3.44. The van der Waals surface area contributed by atoms with Gasteiger partial charge in [-0.05, 0) is 18.1 Å². The molecule has 0 aromatic heterocycles. The summed E-state index contributed by atoms with van der Waals surface area (Å²) in [4.78, 5) is 12.9. The number of hydrogen-bond donors (Lipinski definition) is 1. The van der Waals surface area contributed by atoms with Gasteiger partial charge in [0.25, 0.3) is 0 Å². The van der Waals surface area contributed by atoms with Gasteiger partial charge >= 0.3 is 5.97 Å². The maximum Gasteiger partial charge on any atom is 0.317 e. The normalized spacial score (nSPS) is 26.5. The summed E-state index contributed by atoms with van der Waals surface area (Å²) >= 11 is 1.95. The zero-order valence-electron chi connectivity index (χ0n) is 9.77. The first-order valence-corrected chi connectivity index (χ1v) is 6.63. The van der Waals surface area contributed by atoms with Crippen molar-refractivity contribution in [2.24, 2.45) is 5.92 Å². The van der Waals surface area contributed by atoms with Crippen molar-refractivity contribution in [2.45, 2.75) is 38.5 Å². The molecule has 2 unspecified atom stereocenters. The highest BCUT2D eigenvalue weighted by Crippen LogP contribution is 2.30. The van der Waals surface area contributed by atoms with Crippen molar-refractivity contribution in [1.29, 1.82) is 0 Å². The van der Waals surface area contributed by atoms with Crippen LogP contribution >= 0.6 is 11.8 Å². The molecule has 1 saturated heterocycles. The standard InChI is InChI=1S/C11H21NO2S/c1-8(2)6-12(7-11(13)14)10-4-5-15-9(10)3/h8-10H,4-7H2,1-3H3,(H,13,14). The molecule has 1 fully saturated rings. The van der Waals surface area contributed by atoms with Crippen molar-refractivity contribution in [2.75, 3.05) is 18.8 Å². The van der Waals surface area contributed by atoms with E-state index in [1.165, 1.54) is 5.75 Å². The average molecular weight is 231 g/mol. The number of hydrogen-bond acceptors (Lipinski definition) is 3. The van der Waals surface area contributed by atoms with Gasteiger partial charge in [-0.1, -0.05) is 20.8 Å². The first kappa shape index (κ1) is 12.8. The van der Waals surface area contributed by atoms with Crippen LogP contribution in [0, 0.1) is 5.92 Å². The number of thioether (sulfide) groups is 1. The average Bonchev–Trinajstić information content (AvgIpc) is 2.48. The summed E-state index contributed by atoms with van der Waals surface area (Å²) in [6, 6.07) is 0.452. The molecule has 2 atom stereocenters. The first-order valence-electron chi connectivity index (χ1n) is 5.58. The van der Waals surface area contributed by atoms with Gasteiger partial charge in [-0.3, -0.25) is 9.69 Å². The molecule has 4 heteroatoms. The number of aliphatic carboxylic acids is 1. The fourth-order valence-electron chi connectivity index (χ4n) is 2.16. The van der Waals surface area contributed by atoms with Crippen LogP contribution in [0.2, 0.25) is 0 Å². The van der Waals surface area contributed by atoms with Gasteiger partial charge in [0.15, 0.2) is 0 Å². The molecule has 0 bridgehead atoms. The number of carboxylic acids is 1. The van der Waals surface area contributed by atoms with Crippen molar-refractivity contribution in [1.82, 2.24) is 4.90 Å². The zero-order chi connectivity index (χ0) is 11.4. The summed E-state index contributed by atoms with van der Waals surface area (Å²) < 4.78 is 0. The molecule has 0 aromatic carbocycles. The number of rotatable bonds is 5. The molecule has 0 aromatic rings. The summed E-state index contributed by atoms with van der Waals surface area (Å²) in [5, 5.41) is 9.47. The zero-order valence-corrected chi connectivity index (χ0v) is 10.6. The molecule has 1 N–H and O–H groups in total. The van der Waals surface area contributed by atoms with Gasteiger partial charge in [-0.2, -0.15) is 11.8 Å². The molecule has 15 heavy (non-hydrogen) atoms. The summed E-state index contributed by atoms with van der Waals surface area (Å²) in [6.07, 6.45) is 1.13. The van der Waals surface area contributed by atoms with Crippen LogP contribution in [0.3, 0.4) is 0 Å². The van der Waals surface area contributed by atoms with E-state index in [0.717, 1.165) is 13.0 Å². The second kappa shape index (κ2) is 5.75. The summed E-state index contributed by atoms with van der Waals surface area (Å²) in [5.74, 6) is 0.988. The molecule has 1 heterocycles. The lowest BCUT2D eigenvalue weighted by atomic mass is 10.1. The summed E-state index contributed by atoms with van der Waals surface area (Å²) in [5.41, 5.74) is 0. The van der Waals surface area contributed by atoms with Gasteiger partial charge in [-0.15, -0.1) is 0 Å². The largest absolute Gasteiger partial charge is 0.480 e. The van der Waals surface area contributed by atoms with Gasteiger partial charge in [-0.25, -0.2) is 0 Å². The number of carbonyl (C=O) groups is 1. The van der Waals surface area contributed by atoms with E-state index in [2.05, 4.69) is 25.7 Å².